The van der Waals surface area contributed by atoms with Gasteiger partial charge in [0.25, 0.3) is 0 Å². The fourth-order valence-electron chi connectivity index (χ4n) is 1.99. The number of ether oxygens (including phenoxy) is 1. The first-order valence-electron chi connectivity index (χ1n) is 6.86. The van der Waals surface area contributed by atoms with Crippen LogP contribution in [0.15, 0.2) is 35.3 Å². The average Bonchev–Trinajstić information content (AvgIpc) is 2.38. The lowest BCUT2D eigenvalue weighted by Crippen LogP contribution is -2.26. The van der Waals surface area contributed by atoms with E-state index in [1.54, 1.807) is 11.8 Å². The number of hydrogen-bond donors (Lipinski definition) is 1. The molecule has 0 saturated carbocycles. The number of allylic oxidation sites excluding steroid dienone is 1. The van der Waals surface area contributed by atoms with Crippen LogP contribution in [0.1, 0.15) is 33.3 Å². The van der Waals surface area contributed by atoms with Crippen molar-refractivity contribution in [2.45, 2.75) is 33.2 Å². The molecule has 116 valence electrons. The Bertz CT molecular complexity index is 549. The Labute approximate surface area is 137 Å². The molecule has 1 aliphatic heterocycles. The van der Waals surface area contributed by atoms with E-state index in [-0.39, 0.29) is 23.3 Å². The molecule has 0 saturated heterocycles. The normalized spacial score (nSPS) is 18.4. The molecule has 5 heteroatoms. The molecular weight excluding hydrogens is 304 g/mol. The molecule has 1 aliphatic rings. The molecule has 0 spiro atoms. The van der Waals surface area contributed by atoms with Gasteiger partial charge in [0.2, 0.25) is 0 Å². The zero-order chi connectivity index (χ0) is 14.8. The van der Waals surface area contributed by atoms with Gasteiger partial charge in [0.1, 0.15) is 11.2 Å². The van der Waals surface area contributed by atoms with Crippen LogP contribution in [-0.2, 0) is 0 Å². The standard InChI is InChI=1S/C16H22N2OS.ClH/c1-5-19-12-9-7-6-8-11(12)13-10-14(16(2,3)4)18-15(17)20-13;/h6-10,15H,5,17H2,1-4H3;1H. The number of para-hydroxylation sites is 1. The quantitative estimate of drug-likeness (QED) is 0.899. The van der Waals surface area contributed by atoms with Crippen molar-refractivity contribution >= 4 is 34.8 Å². The van der Waals surface area contributed by atoms with Crippen molar-refractivity contribution in [2.75, 3.05) is 6.61 Å². The summed E-state index contributed by atoms with van der Waals surface area (Å²) in [7, 11) is 0. The number of rotatable bonds is 3. The van der Waals surface area contributed by atoms with Gasteiger partial charge >= 0.3 is 0 Å². The number of halogens is 1. The lowest BCUT2D eigenvalue weighted by molar-refractivity contribution is 0.339. The highest BCUT2D eigenvalue weighted by atomic mass is 35.5. The molecular formula is C16H23ClN2OS. The van der Waals surface area contributed by atoms with Crippen molar-refractivity contribution < 1.29 is 4.74 Å². The monoisotopic (exact) mass is 326 g/mol. The van der Waals surface area contributed by atoms with E-state index in [9.17, 15) is 0 Å². The second-order valence-corrected chi connectivity index (χ2v) is 6.87. The van der Waals surface area contributed by atoms with Gasteiger partial charge in [-0.2, -0.15) is 0 Å². The number of thioether (sulfide) groups is 1. The lowest BCUT2D eigenvalue weighted by Gasteiger charge is -2.26. The minimum Gasteiger partial charge on any atom is -0.493 e. The Hall–Kier alpha value is -0.970. The van der Waals surface area contributed by atoms with E-state index in [4.69, 9.17) is 10.5 Å². The Kier molecular flexibility index (Phi) is 6.32. The van der Waals surface area contributed by atoms with Crippen LogP contribution in [0.4, 0.5) is 0 Å². The first-order chi connectivity index (χ1) is 9.41. The van der Waals surface area contributed by atoms with E-state index in [1.165, 1.54) is 0 Å². The molecule has 0 radical (unpaired) electrons. The van der Waals surface area contributed by atoms with Crippen molar-refractivity contribution in [3.05, 3.63) is 35.9 Å². The zero-order valence-electron chi connectivity index (χ0n) is 12.9. The molecule has 1 atom stereocenters. The van der Waals surface area contributed by atoms with Crippen LogP contribution in [0.5, 0.6) is 5.75 Å². The molecule has 3 nitrogen and oxygen atoms in total. The fraction of sp³-hybridized carbons (Fsp3) is 0.438. The van der Waals surface area contributed by atoms with Crippen LogP contribution >= 0.6 is 24.2 Å². The first-order valence-corrected chi connectivity index (χ1v) is 7.74. The summed E-state index contributed by atoms with van der Waals surface area (Å²) in [6.45, 7) is 9.10. The first kappa shape index (κ1) is 18.1. The molecule has 0 aliphatic carbocycles. The molecule has 1 heterocycles. The van der Waals surface area contributed by atoms with Crippen molar-refractivity contribution in [3.63, 3.8) is 0 Å². The molecule has 21 heavy (non-hydrogen) atoms. The second-order valence-electron chi connectivity index (χ2n) is 5.71. The second kappa shape index (κ2) is 7.34. The number of benzene rings is 1. The molecule has 0 bridgehead atoms. The van der Waals surface area contributed by atoms with Crippen molar-refractivity contribution in [1.82, 2.24) is 0 Å². The van der Waals surface area contributed by atoms with Gasteiger partial charge in [0, 0.05) is 21.6 Å². The van der Waals surface area contributed by atoms with Gasteiger partial charge in [-0.25, -0.2) is 0 Å². The summed E-state index contributed by atoms with van der Waals surface area (Å²) in [5.74, 6) is 0.899. The minimum absolute atomic E-state index is 0. The predicted octanol–water partition coefficient (Wildman–Crippen LogP) is 4.32. The SMILES string of the molecule is CCOc1ccccc1C1=CC(C(C)(C)C)=NC(N)S1.Cl. The van der Waals surface area contributed by atoms with Crippen LogP contribution in [0.25, 0.3) is 4.91 Å². The van der Waals surface area contributed by atoms with Crippen molar-refractivity contribution in [3.8, 4) is 5.75 Å². The largest absolute Gasteiger partial charge is 0.493 e. The topological polar surface area (TPSA) is 47.6 Å². The summed E-state index contributed by atoms with van der Waals surface area (Å²) in [6, 6.07) is 8.07. The summed E-state index contributed by atoms with van der Waals surface area (Å²) in [6.07, 6.45) is 2.13. The summed E-state index contributed by atoms with van der Waals surface area (Å²) < 4.78 is 5.71. The van der Waals surface area contributed by atoms with Crippen LogP contribution in [0, 0.1) is 5.41 Å². The molecule has 2 N–H and O–H groups in total. The number of nitrogens with two attached hydrogens (primary N) is 1. The van der Waals surface area contributed by atoms with Gasteiger partial charge in [0.15, 0.2) is 0 Å². The molecule has 2 rings (SSSR count). The third-order valence-electron chi connectivity index (χ3n) is 3.00. The van der Waals surface area contributed by atoms with Gasteiger partial charge < -0.3 is 10.5 Å². The lowest BCUT2D eigenvalue weighted by atomic mass is 9.89. The highest BCUT2D eigenvalue weighted by molar-refractivity contribution is 8.08. The smallest absolute Gasteiger partial charge is 0.149 e. The molecule has 1 aromatic rings. The third-order valence-corrected chi connectivity index (χ3v) is 3.94. The highest BCUT2D eigenvalue weighted by Gasteiger charge is 2.24. The van der Waals surface area contributed by atoms with Gasteiger partial charge in [-0.05, 0) is 19.1 Å². The maximum atomic E-state index is 6.07. The fourth-order valence-corrected chi connectivity index (χ4v) is 2.89. The van der Waals surface area contributed by atoms with Gasteiger partial charge in [-0.1, -0.05) is 50.7 Å². The molecule has 1 unspecified atom stereocenters. The molecule has 0 fully saturated rings. The Morgan fingerprint density at radius 1 is 1.29 bits per heavy atom. The van der Waals surface area contributed by atoms with E-state index >= 15 is 0 Å². The maximum Gasteiger partial charge on any atom is 0.149 e. The predicted molar refractivity (Wildman–Crippen MR) is 95.3 cm³/mol. The van der Waals surface area contributed by atoms with E-state index in [0.29, 0.717) is 6.61 Å². The summed E-state index contributed by atoms with van der Waals surface area (Å²) in [5.41, 5.74) is 7.93. The van der Waals surface area contributed by atoms with E-state index in [0.717, 1.165) is 21.9 Å². The van der Waals surface area contributed by atoms with Gasteiger partial charge in [-0.3, -0.25) is 4.99 Å². The molecule has 0 amide bonds. The third kappa shape index (κ3) is 4.50. The van der Waals surface area contributed by atoms with Gasteiger partial charge in [0.05, 0.1) is 6.61 Å². The average molecular weight is 327 g/mol. The van der Waals surface area contributed by atoms with Crippen LogP contribution < -0.4 is 10.5 Å². The summed E-state index contributed by atoms with van der Waals surface area (Å²) in [5, 5.41) is 0. The molecule has 0 aromatic heterocycles. The molecule has 1 aromatic carbocycles. The zero-order valence-corrected chi connectivity index (χ0v) is 14.6. The number of aliphatic imine (C=N–C) groups is 1. The number of hydrogen-bond acceptors (Lipinski definition) is 4. The van der Waals surface area contributed by atoms with E-state index in [2.05, 4.69) is 37.9 Å². The van der Waals surface area contributed by atoms with E-state index in [1.807, 2.05) is 25.1 Å². The number of nitrogens with zero attached hydrogens (tertiary/aromatic N) is 1. The highest BCUT2D eigenvalue weighted by Crippen LogP contribution is 2.39. The van der Waals surface area contributed by atoms with Crippen molar-refractivity contribution in [2.24, 2.45) is 16.1 Å². The maximum absolute atomic E-state index is 6.07. The van der Waals surface area contributed by atoms with Gasteiger partial charge in [-0.15, -0.1) is 12.4 Å². The van der Waals surface area contributed by atoms with Crippen molar-refractivity contribution in [1.29, 1.82) is 0 Å². The van der Waals surface area contributed by atoms with Crippen LogP contribution in [-0.4, -0.2) is 17.8 Å². The Morgan fingerprint density at radius 3 is 2.57 bits per heavy atom. The summed E-state index contributed by atoms with van der Waals surface area (Å²) in [4.78, 5) is 5.67. The van der Waals surface area contributed by atoms with Crippen LogP contribution in [0.2, 0.25) is 0 Å². The Balaban J connectivity index is 0.00000220. The minimum atomic E-state index is -0.251. The van der Waals surface area contributed by atoms with E-state index < -0.39 is 0 Å². The Morgan fingerprint density at radius 2 is 1.95 bits per heavy atom. The summed E-state index contributed by atoms with van der Waals surface area (Å²) >= 11 is 1.57. The van der Waals surface area contributed by atoms with Crippen LogP contribution in [0.3, 0.4) is 0 Å².